The third-order valence-electron chi connectivity index (χ3n) is 3.89. The van der Waals surface area contributed by atoms with Crippen molar-refractivity contribution in [1.82, 2.24) is 9.55 Å². The van der Waals surface area contributed by atoms with Crippen LogP contribution in [0.4, 0.5) is 10.2 Å². The number of ketones is 1. The van der Waals surface area contributed by atoms with Crippen LogP contribution in [-0.2, 0) is 22.5 Å². The number of hydrogen-bond donors (Lipinski definition) is 2. The Morgan fingerprint density at radius 1 is 1.29 bits per heavy atom. The fraction of sp³-hybridized carbons (Fsp3) is 0.333. The lowest BCUT2D eigenvalue weighted by molar-refractivity contribution is -0.141. The molecule has 1 aromatic heterocycles. The number of nitrogens with one attached hydrogen (secondary N) is 1. The summed E-state index contributed by atoms with van der Waals surface area (Å²) in [7, 11) is 1.31. The number of nitrogen functional groups attached to an aromatic ring is 1. The molecule has 0 saturated heterocycles. The van der Waals surface area contributed by atoms with Gasteiger partial charge in [-0.05, 0) is 24.1 Å². The van der Waals surface area contributed by atoms with Crippen molar-refractivity contribution >= 4 is 17.6 Å². The van der Waals surface area contributed by atoms with Crippen LogP contribution in [0.1, 0.15) is 29.3 Å². The van der Waals surface area contributed by atoms with E-state index in [1.165, 1.54) is 19.2 Å². The minimum Gasteiger partial charge on any atom is -0.494 e. The largest absolute Gasteiger partial charge is 0.494 e. The van der Waals surface area contributed by atoms with Crippen molar-refractivity contribution in [2.75, 3.05) is 19.5 Å². The van der Waals surface area contributed by atoms with E-state index in [0.717, 1.165) is 10.6 Å². The molecule has 150 valence electrons. The number of benzene rings is 1. The predicted molar refractivity (Wildman–Crippen MR) is 98.0 cm³/mol. The number of aromatic nitrogens is 2. The van der Waals surface area contributed by atoms with Crippen molar-refractivity contribution < 1.29 is 23.5 Å². The zero-order valence-electron chi connectivity index (χ0n) is 15.4. The first kappa shape index (κ1) is 20.9. The lowest BCUT2D eigenvalue weighted by Gasteiger charge is -2.11. The molecule has 3 N–H and O–H groups in total. The van der Waals surface area contributed by atoms with E-state index in [9.17, 15) is 23.6 Å². The van der Waals surface area contributed by atoms with E-state index in [2.05, 4.69) is 0 Å². The molecule has 10 heteroatoms. The van der Waals surface area contributed by atoms with E-state index >= 15 is 0 Å². The molecule has 2 rings (SSSR count). The van der Waals surface area contributed by atoms with Gasteiger partial charge >= 0.3 is 11.7 Å². The van der Waals surface area contributed by atoms with Gasteiger partial charge in [-0.2, -0.15) is 0 Å². The summed E-state index contributed by atoms with van der Waals surface area (Å²) in [6.45, 7) is 1.27. The number of methoxy groups -OCH3 is 1. The number of hydrogen-bond acceptors (Lipinski definition) is 7. The van der Waals surface area contributed by atoms with E-state index in [1.807, 2.05) is 4.98 Å². The monoisotopic (exact) mass is 393 g/mol. The highest BCUT2D eigenvalue weighted by atomic mass is 19.1. The molecule has 1 aromatic carbocycles. The highest BCUT2D eigenvalue weighted by Gasteiger charge is 2.20. The molecule has 1 heterocycles. The van der Waals surface area contributed by atoms with Crippen LogP contribution >= 0.6 is 0 Å². The van der Waals surface area contributed by atoms with Crippen LogP contribution in [0.3, 0.4) is 0 Å². The minimum absolute atomic E-state index is 0.0317. The molecule has 9 nitrogen and oxygen atoms in total. The fourth-order valence-corrected chi connectivity index (χ4v) is 2.56. The average Bonchev–Trinajstić information content (AvgIpc) is 2.63. The number of halogens is 1. The summed E-state index contributed by atoms with van der Waals surface area (Å²) in [5.41, 5.74) is 3.98. The summed E-state index contributed by atoms with van der Waals surface area (Å²) in [6.07, 6.45) is 0.270. The number of nitrogens with zero attached hydrogens (tertiary/aromatic N) is 1. The Labute approximate surface area is 158 Å². The maximum atomic E-state index is 13.6. The summed E-state index contributed by atoms with van der Waals surface area (Å²) < 4.78 is 24.4. The van der Waals surface area contributed by atoms with Gasteiger partial charge in [0, 0.05) is 6.54 Å². The molecule has 0 unspecified atom stereocenters. The number of Topliss-reactive ketones (excluding diaryl/α,β-unsaturated/α-hetero) is 1. The topological polar surface area (TPSA) is 133 Å². The molecule has 0 aliphatic heterocycles. The van der Waals surface area contributed by atoms with Gasteiger partial charge in [0.25, 0.3) is 5.56 Å². The number of H-pyrrole nitrogens is 1. The summed E-state index contributed by atoms with van der Waals surface area (Å²) in [4.78, 5) is 49.9. The van der Waals surface area contributed by atoms with Crippen molar-refractivity contribution in [2.45, 2.75) is 26.3 Å². The molecule has 0 bridgehead atoms. The Hall–Kier alpha value is -3.43. The normalized spacial score (nSPS) is 10.5. The molecule has 0 aliphatic carbocycles. The van der Waals surface area contributed by atoms with Gasteiger partial charge in [-0.25, -0.2) is 9.18 Å². The molecule has 0 spiro atoms. The van der Waals surface area contributed by atoms with Gasteiger partial charge in [0.2, 0.25) is 5.78 Å². The Morgan fingerprint density at radius 3 is 2.61 bits per heavy atom. The van der Waals surface area contributed by atoms with E-state index in [-0.39, 0.29) is 24.5 Å². The third kappa shape index (κ3) is 4.64. The number of rotatable bonds is 8. The first-order valence-electron chi connectivity index (χ1n) is 8.42. The Balaban J connectivity index is 2.09. The van der Waals surface area contributed by atoms with Crippen molar-refractivity contribution in [3.63, 3.8) is 0 Å². The molecular weight excluding hydrogens is 373 g/mol. The van der Waals surface area contributed by atoms with Crippen molar-refractivity contribution in [1.29, 1.82) is 0 Å². The Kier molecular flexibility index (Phi) is 6.69. The number of nitrogens with two attached hydrogens (primary N) is 1. The number of carbonyl (C=O) groups excluding carboxylic acids is 2. The van der Waals surface area contributed by atoms with Crippen molar-refractivity contribution in [2.24, 2.45) is 0 Å². The molecule has 0 amide bonds. The Morgan fingerprint density at radius 2 is 2.00 bits per heavy atom. The molecule has 0 fully saturated rings. The molecular formula is C18H20FN3O6. The third-order valence-corrected chi connectivity index (χ3v) is 3.89. The molecule has 0 atom stereocenters. The first-order chi connectivity index (χ1) is 13.3. The fourth-order valence-electron chi connectivity index (χ4n) is 2.56. The molecule has 2 aromatic rings. The van der Waals surface area contributed by atoms with Gasteiger partial charge < -0.3 is 15.2 Å². The highest BCUT2D eigenvalue weighted by Crippen LogP contribution is 2.18. The van der Waals surface area contributed by atoms with Gasteiger partial charge in [0.15, 0.2) is 18.2 Å². The highest BCUT2D eigenvalue weighted by molar-refractivity contribution is 6.01. The summed E-state index contributed by atoms with van der Waals surface area (Å²) in [5, 5.41) is 0. The van der Waals surface area contributed by atoms with E-state index < -0.39 is 41.0 Å². The van der Waals surface area contributed by atoms with Crippen LogP contribution in [0.2, 0.25) is 0 Å². The van der Waals surface area contributed by atoms with Crippen LogP contribution in [0.25, 0.3) is 0 Å². The predicted octanol–water partition coefficient (Wildman–Crippen LogP) is 0.645. The van der Waals surface area contributed by atoms with Crippen LogP contribution in [0.15, 0.2) is 27.8 Å². The van der Waals surface area contributed by atoms with Gasteiger partial charge in [-0.15, -0.1) is 0 Å². The number of aromatic amines is 1. The quantitative estimate of drug-likeness (QED) is 0.497. The second-order valence-electron chi connectivity index (χ2n) is 5.90. The molecule has 28 heavy (non-hydrogen) atoms. The van der Waals surface area contributed by atoms with Gasteiger partial charge in [0.1, 0.15) is 11.4 Å². The molecule has 0 radical (unpaired) electrons. The molecule has 0 saturated carbocycles. The summed E-state index contributed by atoms with van der Waals surface area (Å²) in [5.74, 6) is -2.54. The van der Waals surface area contributed by atoms with Crippen LogP contribution in [-0.4, -0.2) is 35.0 Å². The number of anilines is 1. The zero-order valence-corrected chi connectivity index (χ0v) is 15.4. The van der Waals surface area contributed by atoms with Crippen LogP contribution in [0.5, 0.6) is 5.75 Å². The minimum atomic E-state index is -0.951. The lowest BCUT2D eigenvalue weighted by atomic mass is 10.1. The number of esters is 1. The van der Waals surface area contributed by atoms with E-state index in [0.29, 0.717) is 12.0 Å². The SMILES string of the molecule is CCCn1c(N)c(C(=O)COC(=O)Cc2ccc(OC)c(F)c2)c(=O)[nH]c1=O. The number of carbonyl (C=O) groups is 2. The summed E-state index contributed by atoms with van der Waals surface area (Å²) >= 11 is 0. The van der Waals surface area contributed by atoms with Gasteiger partial charge in [0.05, 0.1) is 13.5 Å². The number of ether oxygens (including phenoxy) is 2. The maximum absolute atomic E-state index is 13.6. The first-order valence-corrected chi connectivity index (χ1v) is 8.42. The summed E-state index contributed by atoms with van der Waals surface area (Å²) in [6, 6.07) is 3.96. The van der Waals surface area contributed by atoms with Crippen LogP contribution < -0.4 is 21.7 Å². The second kappa shape index (κ2) is 8.98. The average molecular weight is 393 g/mol. The smallest absolute Gasteiger partial charge is 0.329 e. The van der Waals surface area contributed by atoms with Crippen molar-refractivity contribution in [3.8, 4) is 5.75 Å². The molecule has 0 aliphatic rings. The van der Waals surface area contributed by atoms with Gasteiger partial charge in [-0.3, -0.25) is 23.9 Å². The maximum Gasteiger partial charge on any atom is 0.329 e. The van der Waals surface area contributed by atoms with Gasteiger partial charge in [-0.1, -0.05) is 13.0 Å². The zero-order chi connectivity index (χ0) is 20.8. The van der Waals surface area contributed by atoms with Crippen molar-refractivity contribution in [3.05, 3.63) is 56.0 Å². The van der Waals surface area contributed by atoms with E-state index in [4.69, 9.17) is 15.2 Å². The lowest BCUT2D eigenvalue weighted by Crippen LogP contribution is -2.37. The van der Waals surface area contributed by atoms with Crippen LogP contribution in [0, 0.1) is 5.82 Å². The standard InChI is InChI=1S/C18H20FN3O6/c1-3-6-22-16(20)15(17(25)21-18(22)26)12(23)9-28-14(24)8-10-4-5-13(27-2)11(19)7-10/h4-5,7H,3,6,8-9,20H2,1-2H3,(H,21,25,26). The Bertz CT molecular complexity index is 1010. The second-order valence-corrected chi connectivity index (χ2v) is 5.90. The van der Waals surface area contributed by atoms with E-state index in [1.54, 1.807) is 6.92 Å².